The van der Waals surface area contributed by atoms with Crippen LogP contribution in [0.1, 0.15) is 25.7 Å². The van der Waals surface area contributed by atoms with Gasteiger partial charge >= 0.3 is 6.03 Å². The molecular formula is C17H21ClFN3O2. The van der Waals surface area contributed by atoms with Gasteiger partial charge in [-0.2, -0.15) is 0 Å². The van der Waals surface area contributed by atoms with Crippen molar-refractivity contribution in [2.45, 2.75) is 25.7 Å². The number of carbonyl (C=O) groups is 2. The summed E-state index contributed by atoms with van der Waals surface area (Å²) in [6.45, 7) is 2.87. The van der Waals surface area contributed by atoms with E-state index in [0.717, 1.165) is 25.9 Å². The number of carbonyl (C=O) groups excluding carboxylic acids is 2. The molecule has 0 aliphatic carbocycles. The Bertz CT molecular complexity index is 626. The van der Waals surface area contributed by atoms with Crippen LogP contribution >= 0.6 is 11.6 Å². The molecule has 2 aliphatic heterocycles. The van der Waals surface area contributed by atoms with Crippen molar-refractivity contribution >= 4 is 29.2 Å². The van der Waals surface area contributed by atoms with Gasteiger partial charge in [-0.05, 0) is 43.9 Å². The maximum absolute atomic E-state index is 13.2. The minimum absolute atomic E-state index is 0.0150. The molecule has 2 saturated heterocycles. The van der Waals surface area contributed by atoms with E-state index in [4.69, 9.17) is 11.6 Å². The van der Waals surface area contributed by atoms with Crippen molar-refractivity contribution in [1.29, 1.82) is 0 Å². The number of likely N-dealkylation sites (tertiary alicyclic amines) is 2. The van der Waals surface area contributed by atoms with Gasteiger partial charge in [-0.1, -0.05) is 11.6 Å². The lowest BCUT2D eigenvalue weighted by atomic mass is 9.96. The lowest BCUT2D eigenvalue weighted by Crippen LogP contribution is -2.47. The minimum Gasteiger partial charge on any atom is -0.326 e. The largest absolute Gasteiger partial charge is 0.326 e. The molecule has 5 nitrogen and oxygen atoms in total. The molecule has 0 spiro atoms. The SMILES string of the molecule is O=C(Nc1ccc(F)c(Cl)c1)C1CCN(C(=O)N2CCCC2)CC1. The zero-order chi connectivity index (χ0) is 17.1. The number of nitrogens with zero attached hydrogens (tertiary/aromatic N) is 2. The average Bonchev–Trinajstić information content (AvgIpc) is 3.12. The van der Waals surface area contributed by atoms with Crippen molar-refractivity contribution in [3.63, 3.8) is 0 Å². The number of nitrogens with one attached hydrogen (secondary N) is 1. The molecule has 3 amide bonds. The Balaban J connectivity index is 1.51. The van der Waals surface area contributed by atoms with Crippen molar-refractivity contribution in [2.24, 2.45) is 5.92 Å². The molecule has 1 aromatic rings. The van der Waals surface area contributed by atoms with Crippen LogP contribution in [-0.4, -0.2) is 47.9 Å². The van der Waals surface area contributed by atoms with Gasteiger partial charge in [0, 0.05) is 37.8 Å². The molecule has 0 atom stereocenters. The Morgan fingerprint density at radius 3 is 2.33 bits per heavy atom. The highest BCUT2D eigenvalue weighted by atomic mass is 35.5. The normalized spacial score (nSPS) is 18.8. The molecule has 2 heterocycles. The first-order chi connectivity index (χ1) is 11.5. The Morgan fingerprint density at radius 2 is 1.71 bits per heavy atom. The Kier molecular flexibility index (Phi) is 5.23. The monoisotopic (exact) mass is 353 g/mol. The predicted octanol–water partition coefficient (Wildman–Crippen LogP) is 3.35. The summed E-state index contributed by atoms with van der Waals surface area (Å²) in [7, 11) is 0. The van der Waals surface area contributed by atoms with Crippen molar-refractivity contribution in [3.8, 4) is 0 Å². The molecule has 0 saturated carbocycles. The van der Waals surface area contributed by atoms with Gasteiger partial charge in [0.25, 0.3) is 0 Å². The molecule has 130 valence electrons. The Hall–Kier alpha value is -1.82. The second kappa shape index (κ2) is 7.38. The first-order valence-electron chi connectivity index (χ1n) is 8.34. The van der Waals surface area contributed by atoms with E-state index in [1.54, 1.807) is 0 Å². The number of piperidine rings is 1. The summed E-state index contributed by atoms with van der Waals surface area (Å²) < 4.78 is 13.2. The quantitative estimate of drug-likeness (QED) is 0.886. The minimum atomic E-state index is -0.511. The van der Waals surface area contributed by atoms with Crippen molar-refractivity contribution in [1.82, 2.24) is 9.80 Å². The van der Waals surface area contributed by atoms with Gasteiger partial charge in [0.15, 0.2) is 0 Å². The maximum atomic E-state index is 13.2. The predicted molar refractivity (Wildman–Crippen MR) is 90.5 cm³/mol. The smallest absolute Gasteiger partial charge is 0.319 e. The number of hydrogen-bond donors (Lipinski definition) is 1. The van der Waals surface area contributed by atoms with Crippen molar-refractivity contribution in [3.05, 3.63) is 29.0 Å². The van der Waals surface area contributed by atoms with Crippen LogP contribution in [0.5, 0.6) is 0 Å². The van der Waals surface area contributed by atoms with Crippen LogP contribution in [0.15, 0.2) is 18.2 Å². The lowest BCUT2D eigenvalue weighted by molar-refractivity contribution is -0.121. The highest BCUT2D eigenvalue weighted by Gasteiger charge is 2.30. The lowest BCUT2D eigenvalue weighted by Gasteiger charge is -2.34. The number of benzene rings is 1. The van der Waals surface area contributed by atoms with Crippen molar-refractivity contribution in [2.75, 3.05) is 31.5 Å². The van der Waals surface area contributed by atoms with Gasteiger partial charge in [-0.25, -0.2) is 9.18 Å². The number of amides is 3. The van der Waals surface area contributed by atoms with Gasteiger partial charge in [0.2, 0.25) is 5.91 Å². The van der Waals surface area contributed by atoms with Crippen LogP contribution in [0.4, 0.5) is 14.9 Å². The molecule has 0 unspecified atom stereocenters. The molecule has 7 heteroatoms. The fraction of sp³-hybridized carbons (Fsp3) is 0.529. The summed E-state index contributed by atoms with van der Waals surface area (Å²) in [5.41, 5.74) is 0.488. The topological polar surface area (TPSA) is 52.7 Å². The van der Waals surface area contributed by atoms with Crippen LogP contribution < -0.4 is 5.32 Å². The van der Waals surface area contributed by atoms with Crippen molar-refractivity contribution < 1.29 is 14.0 Å². The van der Waals surface area contributed by atoms with Gasteiger partial charge < -0.3 is 15.1 Å². The first-order valence-corrected chi connectivity index (χ1v) is 8.72. The van der Waals surface area contributed by atoms with Crippen LogP contribution in [0.3, 0.4) is 0 Å². The van der Waals surface area contributed by atoms with E-state index in [-0.39, 0.29) is 22.9 Å². The number of hydrogen-bond acceptors (Lipinski definition) is 2. The summed E-state index contributed by atoms with van der Waals surface area (Å²) in [5.74, 6) is -0.759. The van der Waals surface area contributed by atoms with E-state index >= 15 is 0 Å². The van der Waals surface area contributed by atoms with Crippen LogP contribution in [-0.2, 0) is 4.79 Å². The van der Waals surface area contributed by atoms with Crippen LogP contribution in [0.25, 0.3) is 0 Å². The van der Waals surface area contributed by atoms with Gasteiger partial charge in [0.1, 0.15) is 5.82 Å². The van der Waals surface area contributed by atoms with E-state index < -0.39 is 5.82 Å². The molecule has 0 bridgehead atoms. The Labute approximate surface area is 145 Å². The number of rotatable bonds is 2. The Morgan fingerprint density at radius 1 is 1.08 bits per heavy atom. The van der Waals surface area contributed by atoms with E-state index in [1.165, 1.54) is 18.2 Å². The first kappa shape index (κ1) is 17.0. The zero-order valence-corrected chi connectivity index (χ0v) is 14.2. The third-order valence-corrected chi connectivity index (χ3v) is 4.99. The average molecular weight is 354 g/mol. The standard InChI is InChI=1S/C17H21ClFN3O2/c18-14-11-13(3-4-15(14)19)20-16(23)12-5-9-22(10-6-12)17(24)21-7-1-2-8-21/h3-4,11-12H,1-2,5-10H2,(H,20,23). The fourth-order valence-electron chi connectivity index (χ4n) is 3.26. The third-order valence-electron chi connectivity index (χ3n) is 4.70. The summed E-state index contributed by atoms with van der Waals surface area (Å²) in [4.78, 5) is 28.4. The molecule has 1 aromatic carbocycles. The molecule has 3 rings (SSSR count). The molecule has 1 N–H and O–H groups in total. The van der Waals surface area contributed by atoms with Gasteiger partial charge in [-0.15, -0.1) is 0 Å². The molecule has 0 radical (unpaired) electrons. The molecule has 2 aliphatic rings. The number of anilines is 1. The van der Waals surface area contributed by atoms with E-state index in [0.29, 0.717) is 31.6 Å². The summed E-state index contributed by atoms with van der Waals surface area (Å²) in [6, 6.07) is 4.22. The third kappa shape index (κ3) is 3.80. The van der Waals surface area contributed by atoms with E-state index in [1.807, 2.05) is 9.80 Å². The molecular weight excluding hydrogens is 333 g/mol. The second-order valence-corrected chi connectivity index (χ2v) is 6.76. The molecule has 2 fully saturated rings. The number of urea groups is 1. The number of halogens is 2. The van der Waals surface area contributed by atoms with E-state index in [9.17, 15) is 14.0 Å². The highest BCUT2D eigenvalue weighted by Crippen LogP contribution is 2.23. The van der Waals surface area contributed by atoms with Crippen LogP contribution in [0.2, 0.25) is 5.02 Å². The van der Waals surface area contributed by atoms with Gasteiger partial charge in [-0.3, -0.25) is 4.79 Å². The summed E-state index contributed by atoms with van der Waals surface area (Å²) >= 11 is 5.72. The molecule has 0 aromatic heterocycles. The second-order valence-electron chi connectivity index (χ2n) is 6.36. The zero-order valence-electron chi connectivity index (χ0n) is 13.4. The summed E-state index contributed by atoms with van der Waals surface area (Å²) in [5, 5.41) is 2.76. The maximum Gasteiger partial charge on any atom is 0.319 e. The fourth-order valence-corrected chi connectivity index (χ4v) is 3.44. The highest BCUT2D eigenvalue weighted by molar-refractivity contribution is 6.31. The van der Waals surface area contributed by atoms with E-state index in [2.05, 4.69) is 5.32 Å². The van der Waals surface area contributed by atoms with Gasteiger partial charge in [0.05, 0.1) is 5.02 Å². The molecule has 24 heavy (non-hydrogen) atoms. The van der Waals surface area contributed by atoms with Crippen LogP contribution in [0, 0.1) is 11.7 Å². The summed E-state index contributed by atoms with van der Waals surface area (Å²) in [6.07, 6.45) is 3.43.